The first-order valence-corrected chi connectivity index (χ1v) is 13.4. The second-order valence-corrected chi connectivity index (χ2v) is 11.6. The van der Waals surface area contributed by atoms with Crippen molar-refractivity contribution in [3.05, 3.63) is 53.9 Å². The molecule has 0 radical (unpaired) electrons. The molecule has 184 valence electrons. The number of nitrogens with one attached hydrogen (secondary N) is 2. The monoisotopic (exact) mass is 493 g/mol. The topological polar surface area (TPSA) is 71.1 Å². The number of benzene rings is 1. The Labute approximate surface area is 198 Å². The number of aromatic nitrogens is 1. The molecule has 0 spiro atoms. The second-order valence-electron chi connectivity index (χ2n) is 9.26. The number of carbonyl (C=O) groups is 1. The zero-order valence-electron chi connectivity index (χ0n) is 18.9. The van der Waals surface area contributed by atoms with Crippen molar-refractivity contribution in [3.63, 3.8) is 0 Å². The summed E-state index contributed by atoms with van der Waals surface area (Å²) in [5.41, 5.74) is -0.307. The minimum absolute atomic E-state index is 0.00925. The van der Waals surface area contributed by atoms with Crippen molar-refractivity contribution < 1.29 is 22.2 Å². The fourth-order valence-corrected chi connectivity index (χ4v) is 6.35. The van der Waals surface area contributed by atoms with E-state index in [1.807, 2.05) is 0 Å². The van der Waals surface area contributed by atoms with Gasteiger partial charge in [-0.15, -0.1) is 0 Å². The maximum atomic E-state index is 13.2. The maximum absolute atomic E-state index is 13.2. The van der Waals surface area contributed by atoms with Crippen LogP contribution in [0.15, 0.2) is 52.4 Å². The normalized spacial score (nSPS) is 23.4. The molecule has 2 unspecified atom stereocenters. The van der Waals surface area contributed by atoms with Crippen LogP contribution in [0.2, 0.25) is 0 Å². The van der Waals surface area contributed by atoms with Crippen molar-refractivity contribution in [2.24, 2.45) is 11.8 Å². The fraction of sp³-hybridized carbons (Fsp3) is 0.480. The lowest BCUT2D eigenvalue weighted by atomic mass is 9.79. The number of hydrogen-bond donors (Lipinski definition) is 2. The predicted octanol–water partition coefficient (Wildman–Crippen LogP) is 4.41. The van der Waals surface area contributed by atoms with Gasteiger partial charge in [0.25, 0.3) is 0 Å². The Balaban J connectivity index is 1.34. The van der Waals surface area contributed by atoms with Gasteiger partial charge in [0.1, 0.15) is 0 Å². The molecule has 1 aliphatic carbocycles. The van der Waals surface area contributed by atoms with Crippen molar-refractivity contribution in [2.45, 2.75) is 67.1 Å². The Morgan fingerprint density at radius 1 is 1.12 bits per heavy atom. The molecule has 3 atom stereocenters. The number of hydrogen-bond acceptors (Lipinski definition) is 4. The molecule has 1 aliphatic heterocycles. The summed E-state index contributed by atoms with van der Waals surface area (Å²) in [5, 5.41) is 6.25. The van der Waals surface area contributed by atoms with E-state index in [9.17, 15) is 22.2 Å². The van der Waals surface area contributed by atoms with Crippen LogP contribution in [0, 0.1) is 11.8 Å². The summed E-state index contributed by atoms with van der Waals surface area (Å²) in [6.45, 7) is 1.09. The van der Waals surface area contributed by atoms with E-state index in [-0.39, 0.29) is 28.3 Å². The molecule has 1 amide bonds. The summed E-state index contributed by atoms with van der Waals surface area (Å²) in [6, 6.07) is 7.33. The molecule has 1 aromatic carbocycles. The molecular formula is C25H30F3N3O2S. The summed E-state index contributed by atoms with van der Waals surface area (Å²) >= 11 is 0. The van der Waals surface area contributed by atoms with Crippen molar-refractivity contribution in [2.75, 3.05) is 6.54 Å². The van der Waals surface area contributed by atoms with Gasteiger partial charge in [0, 0.05) is 20.6 Å². The molecule has 1 saturated heterocycles. The average Bonchev–Trinajstić information content (AvgIpc) is 3.33. The second kappa shape index (κ2) is 10.1. The van der Waals surface area contributed by atoms with E-state index in [2.05, 4.69) is 21.5 Å². The number of nitrogens with zero attached hydrogens (tertiary/aromatic N) is 1. The van der Waals surface area contributed by atoms with Crippen LogP contribution in [0.1, 0.15) is 49.8 Å². The fourth-order valence-electron chi connectivity index (χ4n) is 4.95. The minimum Gasteiger partial charge on any atom is -0.349 e. The van der Waals surface area contributed by atoms with Crippen LogP contribution in [-0.4, -0.2) is 33.6 Å². The number of rotatable bonds is 6. The van der Waals surface area contributed by atoms with Crippen LogP contribution >= 0.6 is 0 Å². The van der Waals surface area contributed by atoms with Crippen LogP contribution in [-0.2, 0) is 27.0 Å². The van der Waals surface area contributed by atoms with E-state index < -0.39 is 21.3 Å². The largest absolute Gasteiger partial charge is 0.416 e. The third kappa shape index (κ3) is 5.63. The van der Waals surface area contributed by atoms with Gasteiger partial charge in [-0.25, -0.2) is 0 Å². The number of pyridine rings is 1. The quantitative estimate of drug-likeness (QED) is 0.585. The summed E-state index contributed by atoms with van der Waals surface area (Å²) in [6.07, 6.45) is 4.07. The molecule has 2 fully saturated rings. The first-order valence-electron chi connectivity index (χ1n) is 11.6. The van der Waals surface area contributed by atoms with Gasteiger partial charge in [0.15, 0.2) is 0 Å². The average molecular weight is 494 g/mol. The number of amides is 1. The van der Waals surface area contributed by atoms with Gasteiger partial charge in [0.2, 0.25) is 5.91 Å². The Bertz CT molecular complexity index is 1110. The Hall–Kier alpha value is -2.39. The standard InChI is InChI=1S/C25H30F3N3O2S/c1-34(33,21-9-5-8-19(13-21)25(26,27)28)22-11-10-20(29-16-22)15-31-24(32)23-12-18(14-30-23)17-6-3-2-4-7-17/h5,8-11,13,16-18,23,30H,1-4,6-7,12,14-15H2,(H,31,32)/t18-,23?,34?/m1/s1. The van der Waals surface area contributed by atoms with Crippen LogP contribution in [0.25, 0.3) is 0 Å². The maximum Gasteiger partial charge on any atom is 0.416 e. The van der Waals surface area contributed by atoms with Gasteiger partial charge in [-0.05, 0) is 61.0 Å². The molecule has 2 aliphatic rings. The van der Waals surface area contributed by atoms with Gasteiger partial charge < -0.3 is 10.6 Å². The van der Waals surface area contributed by atoms with Crippen LogP contribution in [0.5, 0.6) is 0 Å². The number of halogens is 3. The van der Waals surface area contributed by atoms with Crippen LogP contribution < -0.4 is 10.6 Å². The minimum atomic E-state index is -4.53. The first-order chi connectivity index (χ1) is 16.1. The molecule has 1 aromatic heterocycles. The molecule has 2 aromatic rings. The van der Waals surface area contributed by atoms with E-state index in [1.165, 1.54) is 56.5 Å². The first kappa shape index (κ1) is 24.7. The van der Waals surface area contributed by atoms with Crippen LogP contribution in [0.4, 0.5) is 13.2 Å². The summed E-state index contributed by atoms with van der Waals surface area (Å²) < 4.78 is 52.3. The van der Waals surface area contributed by atoms with E-state index in [0.29, 0.717) is 17.5 Å². The SMILES string of the molecule is C=S(=O)(c1ccc(CNC(=O)C2C[C@@H](C3CCCCC3)CN2)nc1)c1cccc(C(F)(F)F)c1. The van der Waals surface area contributed by atoms with E-state index >= 15 is 0 Å². The molecule has 4 rings (SSSR count). The lowest BCUT2D eigenvalue weighted by molar-refractivity contribution is -0.137. The zero-order chi connectivity index (χ0) is 24.3. The van der Waals surface area contributed by atoms with Crippen molar-refractivity contribution >= 4 is 21.3 Å². The lowest BCUT2D eigenvalue weighted by Gasteiger charge is -2.26. The molecule has 5 nitrogen and oxygen atoms in total. The molecule has 2 N–H and O–H groups in total. The summed E-state index contributed by atoms with van der Waals surface area (Å²) in [4.78, 5) is 17.1. The van der Waals surface area contributed by atoms with Crippen LogP contribution in [0.3, 0.4) is 0 Å². The molecule has 2 heterocycles. The Kier molecular flexibility index (Phi) is 7.33. The molecule has 0 bridgehead atoms. The molecule has 34 heavy (non-hydrogen) atoms. The van der Waals surface area contributed by atoms with Gasteiger partial charge in [-0.1, -0.05) is 38.2 Å². The predicted molar refractivity (Wildman–Crippen MR) is 126 cm³/mol. The van der Waals surface area contributed by atoms with Crippen molar-refractivity contribution in [1.29, 1.82) is 0 Å². The van der Waals surface area contributed by atoms with E-state index in [0.717, 1.165) is 25.1 Å². The highest BCUT2D eigenvalue weighted by Gasteiger charge is 2.34. The lowest BCUT2D eigenvalue weighted by Crippen LogP contribution is -2.40. The highest BCUT2D eigenvalue weighted by Crippen LogP contribution is 2.34. The molecule has 9 heteroatoms. The third-order valence-electron chi connectivity index (χ3n) is 6.96. The van der Waals surface area contributed by atoms with E-state index in [1.54, 1.807) is 6.07 Å². The van der Waals surface area contributed by atoms with Gasteiger partial charge in [0.05, 0.1) is 28.7 Å². The highest BCUT2D eigenvalue weighted by atomic mass is 32.2. The number of alkyl halides is 3. The Morgan fingerprint density at radius 2 is 1.88 bits per heavy atom. The van der Waals surface area contributed by atoms with Gasteiger partial charge in [-0.3, -0.25) is 14.0 Å². The molecule has 1 saturated carbocycles. The molecular weight excluding hydrogens is 463 g/mol. The van der Waals surface area contributed by atoms with Gasteiger partial charge >= 0.3 is 6.18 Å². The van der Waals surface area contributed by atoms with E-state index in [4.69, 9.17) is 0 Å². The smallest absolute Gasteiger partial charge is 0.349 e. The summed E-state index contributed by atoms with van der Waals surface area (Å²) in [5.74, 6) is 4.88. The van der Waals surface area contributed by atoms with Gasteiger partial charge in [-0.2, -0.15) is 13.2 Å². The zero-order valence-corrected chi connectivity index (χ0v) is 19.8. The van der Waals surface area contributed by atoms with Crippen molar-refractivity contribution in [3.8, 4) is 0 Å². The Morgan fingerprint density at radius 3 is 2.56 bits per heavy atom. The third-order valence-corrected chi connectivity index (χ3v) is 8.98. The van der Waals surface area contributed by atoms with Crippen molar-refractivity contribution in [1.82, 2.24) is 15.6 Å². The highest BCUT2D eigenvalue weighted by molar-refractivity contribution is 8.00. The number of carbonyl (C=O) groups excluding carboxylic acids is 1. The summed E-state index contributed by atoms with van der Waals surface area (Å²) in [7, 11) is -3.16.